The molecule has 1 aliphatic rings. The molecule has 1 aliphatic heterocycles. The van der Waals surface area contributed by atoms with Crippen molar-refractivity contribution in [3.05, 3.63) is 0 Å². The van der Waals surface area contributed by atoms with E-state index in [4.69, 9.17) is 5.11 Å². The van der Waals surface area contributed by atoms with Gasteiger partial charge in [-0.1, -0.05) is 6.92 Å². The molecule has 0 aliphatic carbocycles. The summed E-state index contributed by atoms with van der Waals surface area (Å²) in [5, 5.41) is 11.9. The first-order valence-electron chi connectivity index (χ1n) is 5.54. The molecule has 0 saturated carbocycles. The third kappa shape index (κ3) is 2.87. The molecule has 5 heteroatoms. The predicted octanol–water partition coefficient (Wildman–Crippen LogP) is 1.29. The topological polar surface area (TPSA) is 69.6 Å². The number of hydrogen-bond acceptors (Lipinski definition) is 2. The molecular formula is C11H20N2O3. The second-order valence-electron chi connectivity index (χ2n) is 5.42. The van der Waals surface area contributed by atoms with Crippen LogP contribution in [0.15, 0.2) is 0 Å². The summed E-state index contributed by atoms with van der Waals surface area (Å²) in [5.74, 6) is -0.905. The Morgan fingerprint density at radius 3 is 2.38 bits per heavy atom. The number of carbonyl (C=O) groups excluding carboxylic acids is 1. The molecule has 0 aromatic heterocycles. The minimum Gasteiger partial charge on any atom is -0.480 e. The summed E-state index contributed by atoms with van der Waals surface area (Å²) in [6.45, 7) is 8.00. The standard InChI is InChI=1S/C11H20N2O3/c1-7-5-6-13(8(7)9(14)15)10(16)12-11(2,3)4/h7-8H,5-6H2,1-4H3,(H,12,16)(H,14,15). The highest BCUT2D eigenvalue weighted by Crippen LogP contribution is 2.24. The maximum atomic E-state index is 11.9. The van der Waals surface area contributed by atoms with Gasteiger partial charge in [0.2, 0.25) is 0 Å². The van der Waals surface area contributed by atoms with Crippen LogP contribution in [0.3, 0.4) is 0 Å². The van der Waals surface area contributed by atoms with E-state index in [-0.39, 0.29) is 17.5 Å². The second kappa shape index (κ2) is 4.31. The van der Waals surface area contributed by atoms with E-state index in [0.717, 1.165) is 6.42 Å². The van der Waals surface area contributed by atoms with Gasteiger partial charge in [0.05, 0.1) is 0 Å². The van der Waals surface area contributed by atoms with Gasteiger partial charge < -0.3 is 15.3 Å². The Bertz CT molecular complexity index is 296. The van der Waals surface area contributed by atoms with E-state index in [1.807, 2.05) is 27.7 Å². The number of nitrogens with zero attached hydrogens (tertiary/aromatic N) is 1. The van der Waals surface area contributed by atoms with Crippen molar-refractivity contribution in [2.24, 2.45) is 5.92 Å². The van der Waals surface area contributed by atoms with Crippen LogP contribution < -0.4 is 5.32 Å². The first-order chi connectivity index (χ1) is 7.22. The van der Waals surface area contributed by atoms with Gasteiger partial charge in [-0.25, -0.2) is 9.59 Å². The Kier molecular flexibility index (Phi) is 3.45. The Labute approximate surface area is 95.8 Å². The Hall–Kier alpha value is -1.26. The summed E-state index contributed by atoms with van der Waals surface area (Å²) in [7, 11) is 0. The molecule has 1 fully saturated rings. The van der Waals surface area contributed by atoms with Crippen LogP contribution in [-0.2, 0) is 4.79 Å². The van der Waals surface area contributed by atoms with Crippen LogP contribution in [0.5, 0.6) is 0 Å². The van der Waals surface area contributed by atoms with Gasteiger partial charge in [0.25, 0.3) is 0 Å². The first kappa shape index (κ1) is 12.8. The van der Waals surface area contributed by atoms with Gasteiger partial charge in [-0.05, 0) is 33.1 Å². The lowest BCUT2D eigenvalue weighted by Gasteiger charge is -2.28. The molecule has 92 valence electrons. The number of carboxylic acids is 1. The lowest BCUT2D eigenvalue weighted by atomic mass is 10.0. The summed E-state index contributed by atoms with van der Waals surface area (Å²) in [6.07, 6.45) is 0.745. The minimum absolute atomic E-state index is 0.0169. The van der Waals surface area contributed by atoms with Crippen LogP contribution in [0.1, 0.15) is 34.1 Å². The fraction of sp³-hybridized carbons (Fsp3) is 0.818. The van der Waals surface area contributed by atoms with Crippen molar-refractivity contribution in [2.75, 3.05) is 6.54 Å². The highest BCUT2D eigenvalue weighted by Gasteiger charge is 2.40. The molecule has 1 rings (SSSR count). The van der Waals surface area contributed by atoms with Gasteiger partial charge in [0.15, 0.2) is 0 Å². The lowest BCUT2D eigenvalue weighted by Crippen LogP contribution is -2.52. The quantitative estimate of drug-likeness (QED) is 0.710. The third-order valence-corrected chi connectivity index (χ3v) is 2.70. The van der Waals surface area contributed by atoms with Gasteiger partial charge in [-0.3, -0.25) is 0 Å². The zero-order valence-corrected chi connectivity index (χ0v) is 10.3. The fourth-order valence-electron chi connectivity index (χ4n) is 1.94. The smallest absolute Gasteiger partial charge is 0.326 e. The lowest BCUT2D eigenvalue weighted by molar-refractivity contribution is -0.142. The van der Waals surface area contributed by atoms with Crippen molar-refractivity contribution in [1.29, 1.82) is 0 Å². The first-order valence-corrected chi connectivity index (χ1v) is 5.54. The maximum Gasteiger partial charge on any atom is 0.326 e. The largest absolute Gasteiger partial charge is 0.480 e. The van der Waals surface area contributed by atoms with Crippen molar-refractivity contribution >= 4 is 12.0 Å². The molecule has 16 heavy (non-hydrogen) atoms. The molecule has 2 unspecified atom stereocenters. The molecule has 0 bridgehead atoms. The summed E-state index contributed by atoms with van der Waals surface area (Å²) < 4.78 is 0. The molecular weight excluding hydrogens is 208 g/mol. The summed E-state index contributed by atoms with van der Waals surface area (Å²) >= 11 is 0. The van der Waals surface area contributed by atoms with Crippen molar-refractivity contribution in [2.45, 2.75) is 45.7 Å². The minimum atomic E-state index is -0.922. The molecule has 5 nitrogen and oxygen atoms in total. The summed E-state index contributed by atoms with van der Waals surface area (Å²) in [6, 6.07) is -0.980. The van der Waals surface area contributed by atoms with Crippen LogP contribution in [0.4, 0.5) is 4.79 Å². The normalized spacial score (nSPS) is 25.6. The van der Waals surface area contributed by atoms with Gasteiger partial charge in [-0.2, -0.15) is 0 Å². The maximum absolute atomic E-state index is 11.9. The van der Waals surface area contributed by atoms with Gasteiger partial charge in [0.1, 0.15) is 6.04 Å². The molecule has 0 radical (unpaired) electrons. The SMILES string of the molecule is CC1CCN(C(=O)NC(C)(C)C)C1C(=O)O. The number of urea groups is 1. The molecule has 1 heterocycles. The molecule has 2 amide bonds. The summed E-state index contributed by atoms with van der Waals surface area (Å²) in [4.78, 5) is 24.4. The van der Waals surface area contributed by atoms with Crippen LogP contribution >= 0.6 is 0 Å². The van der Waals surface area contributed by atoms with Crippen LogP contribution in [0.2, 0.25) is 0 Å². The Morgan fingerprint density at radius 1 is 1.38 bits per heavy atom. The average molecular weight is 228 g/mol. The van der Waals surface area contributed by atoms with E-state index in [1.54, 1.807) is 0 Å². The van der Waals surface area contributed by atoms with E-state index < -0.39 is 12.0 Å². The summed E-state index contributed by atoms with van der Waals surface area (Å²) in [5.41, 5.74) is -0.341. The van der Waals surface area contributed by atoms with E-state index in [0.29, 0.717) is 6.54 Å². The second-order valence-corrected chi connectivity index (χ2v) is 5.42. The van der Waals surface area contributed by atoms with Crippen molar-refractivity contribution in [1.82, 2.24) is 10.2 Å². The number of nitrogens with one attached hydrogen (secondary N) is 1. The van der Waals surface area contributed by atoms with Gasteiger partial charge >= 0.3 is 12.0 Å². The third-order valence-electron chi connectivity index (χ3n) is 2.70. The van der Waals surface area contributed by atoms with Gasteiger partial charge in [0, 0.05) is 12.1 Å². The number of likely N-dealkylation sites (tertiary alicyclic amines) is 1. The predicted molar refractivity (Wildman–Crippen MR) is 60.2 cm³/mol. The monoisotopic (exact) mass is 228 g/mol. The molecule has 0 spiro atoms. The van der Waals surface area contributed by atoms with E-state index in [2.05, 4.69) is 5.32 Å². The highest BCUT2D eigenvalue weighted by molar-refractivity contribution is 5.83. The molecule has 2 atom stereocenters. The number of rotatable bonds is 1. The van der Waals surface area contributed by atoms with Crippen molar-refractivity contribution in [3.63, 3.8) is 0 Å². The highest BCUT2D eigenvalue weighted by atomic mass is 16.4. The Balaban J connectivity index is 2.73. The van der Waals surface area contributed by atoms with Crippen LogP contribution in [0.25, 0.3) is 0 Å². The number of amides is 2. The van der Waals surface area contributed by atoms with E-state index in [9.17, 15) is 9.59 Å². The average Bonchev–Trinajstić information content (AvgIpc) is 2.43. The zero-order chi connectivity index (χ0) is 12.5. The molecule has 0 aromatic rings. The fourth-order valence-corrected chi connectivity index (χ4v) is 1.94. The molecule has 0 aromatic carbocycles. The van der Waals surface area contributed by atoms with Crippen LogP contribution in [-0.4, -0.2) is 40.1 Å². The number of carbonyl (C=O) groups is 2. The van der Waals surface area contributed by atoms with Crippen molar-refractivity contribution < 1.29 is 14.7 Å². The van der Waals surface area contributed by atoms with E-state index >= 15 is 0 Å². The number of aliphatic carboxylic acids is 1. The number of carboxylic acid groups (broad SMARTS) is 1. The van der Waals surface area contributed by atoms with Crippen LogP contribution in [0, 0.1) is 5.92 Å². The van der Waals surface area contributed by atoms with Crippen molar-refractivity contribution in [3.8, 4) is 0 Å². The Morgan fingerprint density at radius 2 is 1.94 bits per heavy atom. The zero-order valence-electron chi connectivity index (χ0n) is 10.3. The van der Waals surface area contributed by atoms with E-state index in [1.165, 1.54) is 4.90 Å². The van der Waals surface area contributed by atoms with Gasteiger partial charge in [-0.15, -0.1) is 0 Å². The molecule has 1 saturated heterocycles. The number of hydrogen-bond donors (Lipinski definition) is 2. The molecule has 2 N–H and O–H groups in total.